The Kier molecular flexibility index (Phi) is 2.10. The van der Waals surface area contributed by atoms with Crippen LogP contribution in [0.15, 0.2) is 10.6 Å². The van der Waals surface area contributed by atoms with E-state index in [1.807, 2.05) is 0 Å². The van der Waals surface area contributed by atoms with Crippen molar-refractivity contribution in [3.8, 4) is 0 Å². The summed E-state index contributed by atoms with van der Waals surface area (Å²) < 4.78 is 5.05. The fourth-order valence-corrected chi connectivity index (χ4v) is 0.661. The SMILES string of the molecule is Cc1ncc(CNC(N)=O)o1. The number of urea groups is 1. The van der Waals surface area contributed by atoms with Gasteiger partial charge in [-0.25, -0.2) is 9.78 Å². The molecule has 1 rings (SSSR count). The summed E-state index contributed by atoms with van der Waals surface area (Å²) in [5.41, 5.74) is 4.83. The van der Waals surface area contributed by atoms with E-state index < -0.39 is 6.03 Å². The van der Waals surface area contributed by atoms with Crippen LogP contribution in [0.2, 0.25) is 0 Å². The van der Waals surface area contributed by atoms with Gasteiger partial charge in [-0.1, -0.05) is 0 Å². The fourth-order valence-electron chi connectivity index (χ4n) is 0.661. The third-order valence-corrected chi connectivity index (χ3v) is 1.11. The number of carbonyl (C=O) groups is 1. The molecule has 1 heterocycles. The molecule has 11 heavy (non-hydrogen) atoms. The second kappa shape index (κ2) is 3.05. The van der Waals surface area contributed by atoms with Crippen LogP contribution >= 0.6 is 0 Å². The number of primary amides is 1. The number of nitrogens with two attached hydrogens (primary N) is 1. The van der Waals surface area contributed by atoms with Gasteiger partial charge in [-0.3, -0.25) is 0 Å². The molecule has 0 aromatic carbocycles. The lowest BCUT2D eigenvalue weighted by Crippen LogP contribution is -2.28. The van der Waals surface area contributed by atoms with Gasteiger partial charge in [0.2, 0.25) is 0 Å². The maximum Gasteiger partial charge on any atom is 0.312 e. The summed E-state index contributed by atoms with van der Waals surface area (Å²) in [5, 5.41) is 2.38. The predicted octanol–water partition coefficient (Wildman–Crippen LogP) is 0.151. The number of carbonyl (C=O) groups excluding carboxylic acids is 1. The summed E-state index contributed by atoms with van der Waals surface area (Å²) in [4.78, 5) is 14.1. The Balaban J connectivity index is 2.45. The Morgan fingerprint density at radius 1 is 1.91 bits per heavy atom. The molecule has 0 atom stereocenters. The largest absolute Gasteiger partial charge is 0.444 e. The molecule has 3 N–H and O–H groups in total. The number of aromatic nitrogens is 1. The number of amides is 2. The summed E-state index contributed by atoms with van der Waals surface area (Å²) in [6.07, 6.45) is 1.55. The third-order valence-electron chi connectivity index (χ3n) is 1.11. The van der Waals surface area contributed by atoms with Gasteiger partial charge >= 0.3 is 6.03 Å². The summed E-state index contributed by atoms with van der Waals surface area (Å²) in [7, 11) is 0. The van der Waals surface area contributed by atoms with Crippen LogP contribution in [0.3, 0.4) is 0 Å². The summed E-state index contributed by atoms with van der Waals surface area (Å²) in [6.45, 7) is 2.02. The van der Waals surface area contributed by atoms with Crippen molar-refractivity contribution >= 4 is 6.03 Å². The highest BCUT2D eigenvalue weighted by Crippen LogP contribution is 2.00. The molecule has 0 aliphatic heterocycles. The zero-order valence-electron chi connectivity index (χ0n) is 6.13. The minimum atomic E-state index is -0.570. The van der Waals surface area contributed by atoms with Crippen LogP contribution in [0.4, 0.5) is 4.79 Å². The van der Waals surface area contributed by atoms with E-state index in [4.69, 9.17) is 10.2 Å². The topological polar surface area (TPSA) is 81.1 Å². The minimum absolute atomic E-state index is 0.288. The average molecular weight is 155 g/mol. The van der Waals surface area contributed by atoms with E-state index >= 15 is 0 Å². The molecule has 0 radical (unpaired) electrons. The van der Waals surface area contributed by atoms with Gasteiger partial charge in [-0.05, 0) is 0 Å². The predicted molar refractivity (Wildman–Crippen MR) is 37.7 cm³/mol. The number of oxazole rings is 1. The van der Waals surface area contributed by atoms with Crippen molar-refractivity contribution < 1.29 is 9.21 Å². The van der Waals surface area contributed by atoms with Gasteiger partial charge in [0.1, 0.15) is 5.76 Å². The smallest absolute Gasteiger partial charge is 0.312 e. The highest BCUT2D eigenvalue weighted by Gasteiger charge is 1.99. The Bertz CT molecular complexity index is 256. The zero-order valence-corrected chi connectivity index (χ0v) is 6.13. The monoisotopic (exact) mass is 155 g/mol. The average Bonchev–Trinajstić information content (AvgIpc) is 2.31. The fraction of sp³-hybridized carbons (Fsp3) is 0.333. The van der Waals surface area contributed by atoms with Crippen molar-refractivity contribution in [1.82, 2.24) is 10.3 Å². The van der Waals surface area contributed by atoms with Crippen LogP contribution in [0.5, 0.6) is 0 Å². The molecule has 5 nitrogen and oxygen atoms in total. The van der Waals surface area contributed by atoms with E-state index in [1.54, 1.807) is 13.1 Å². The molecule has 0 aliphatic rings. The van der Waals surface area contributed by atoms with E-state index in [0.717, 1.165) is 0 Å². The second-order valence-electron chi connectivity index (χ2n) is 2.06. The summed E-state index contributed by atoms with van der Waals surface area (Å²) in [5.74, 6) is 1.17. The van der Waals surface area contributed by atoms with E-state index in [2.05, 4.69) is 10.3 Å². The first-order chi connectivity index (χ1) is 5.18. The molecule has 0 spiro atoms. The lowest BCUT2D eigenvalue weighted by Gasteiger charge is -1.95. The van der Waals surface area contributed by atoms with Crippen molar-refractivity contribution in [2.75, 3.05) is 0 Å². The molecule has 2 amide bonds. The normalized spacial score (nSPS) is 9.55. The van der Waals surface area contributed by atoms with Gasteiger partial charge in [0, 0.05) is 6.92 Å². The molecule has 60 valence electrons. The molecule has 0 saturated carbocycles. The van der Waals surface area contributed by atoms with E-state index in [1.165, 1.54) is 0 Å². The number of aryl methyl sites for hydroxylation is 1. The van der Waals surface area contributed by atoms with Gasteiger partial charge in [0.15, 0.2) is 5.89 Å². The summed E-state index contributed by atoms with van der Waals surface area (Å²) >= 11 is 0. The van der Waals surface area contributed by atoms with Crippen molar-refractivity contribution in [1.29, 1.82) is 0 Å². The maximum absolute atomic E-state index is 10.2. The Hall–Kier alpha value is -1.52. The molecule has 0 unspecified atom stereocenters. The molecule has 0 aliphatic carbocycles. The number of rotatable bonds is 2. The van der Waals surface area contributed by atoms with Crippen LogP contribution < -0.4 is 11.1 Å². The first-order valence-electron chi connectivity index (χ1n) is 3.13. The number of nitrogens with one attached hydrogen (secondary N) is 1. The van der Waals surface area contributed by atoms with Crippen molar-refractivity contribution in [3.63, 3.8) is 0 Å². The van der Waals surface area contributed by atoms with Crippen LogP contribution in [-0.2, 0) is 6.54 Å². The molecule has 1 aromatic rings. The second-order valence-corrected chi connectivity index (χ2v) is 2.06. The van der Waals surface area contributed by atoms with Crippen molar-refractivity contribution in [2.45, 2.75) is 13.5 Å². The highest BCUT2D eigenvalue weighted by molar-refractivity contribution is 5.71. The molecule has 0 fully saturated rings. The first-order valence-corrected chi connectivity index (χ1v) is 3.13. The molecule has 1 aromatic heterocycles. The molecular formula is C6H9N3O2. The molecule has 0 bridgehead atoms. The van der Waals surface area contributed by atoms with Crippen LogP contribution in [0, 0.1) is 6.92 Å². The van der Waals surface area contributed by atoms with Gasteiger partial charge in [-0.2, -0.15) is 0 Å². The van der Waals surface area contributed by atoms with E-state index in [9.17, 15) is 4.79 Å². The number of hydrogen-bond acceptors (Lipinski definition) is 3. The third kappa shape index (κ3) is 2.29. The highest BCUT2D eigenvalue weighted by atomic mass is 16.4. The number of nitrogens with zero attached hydrogens (tertiary/aromatic N) is 1. The standard InChI is InChI=1S/C6H9N3O2/c1-4-8-2-5(11-4)3-9-6(7)10/h2H,3H2,1H3,(H3,7,9,10). The summed E-state index contributed by atoms with van der Waals surface area (Å²) in [6, 6.07) is -0.570. The van der Waals surface area contributed by atoms with E-state index in [-0.39, 0.29) is 6.54 Å². The van der Waals surface area contributed by atoms with Crippen molar-refractivity contribution in [3.05, 3.63) is 17.8 Å². The Labute approximate surface area is 63.6 Å². The van der Waals surface area contributed by atoms with Gasteiger partial charge in [-0.15, -0.1) is 0 Å². The Morgan fingerprint density at radius 3 is 3.09 bits per heavy atom. The maximum atomic E-state index is 10.2. The molecular weight excluding hydrogens is 146 g/mol. The van der Waals surface area contributed by atoms with Gasteiger partial charge in [0.25, 0.3) is 0 Å². The minimum Gasteiger partial charge on any atom is -0.444 e. The quantitative estimate of drug-likeness (QED) is 0.637. The molecule has 0 saturated heterocycles. The van der Waals surface area contributed by atoms with Crippen LogP contribution in [0.1, 0.15) is 11.7 Å². The van der Waals surface area contributed by atoms with Gasteiger partial charge in [0.05, 0.1) is 12.7 Å². The number of hydrogen-bond donors (Lipinski definition) is 2. The van der Waals surface area contributed by atoms with Crippen LogP contribution in [-0.4, -0.2) is 11.0 Å². The van der Waals surface area contributed by atoms with Gasteiger partial charge < -0.3 is 15.5 Å². The van der Waals surface area contributed by atoms with Crippen LogP contribution in [0.25, 0.3) is 0 Å². The molecule has 5 heteroatoms. The zero-order chi connectivity index (χ0) is 8.27. The van der Waals surface area contributed by atoms with Crippen molar-refractivity contribution in [2.24, 2.45) is 5.73 Å². The lowest BCUT2D eigenvalue weighted by atomic mass is 10.5. The van der Waals surface area contributed by atoms with E-state index in [0.29, 0.717) is 11.7 Å². The lowest BCUT2D eigenvalue weighted by molar-refractivity contribution is 0.247. The Morgan fingerprint density at radius 2 is 2.64 bits per heavy atom. The first kappa shape index (κ1) is 7.59.